The Kier molecular flexibility index (Phi) is 5.85. The van der Waals surface area contributed by atoms with E-state index in [1.165, 1.54) is 23.9 Å². The van der Waals surface area contributed by atoms with Gasteiger partial charge in [0.2, 0.25) is 0 Å². The highest BCUT2D eigenvalue weighted by atomic mass is 35.5. The highest BCUT2D eigenvalue weighted by Gasteiger charge is 2.19. The van der Waals surface area contributed by atoms with E-state index in [-0.39, 0.29) is 5.69 Å². The third-order valence-corrected chi connectivity index (χ3v) is 5.75. The topological polar surface area (TPSA) is 30.7 Å². The van der Waals surface area contributed by atoms with E-state index in [1.807, 2.05) is 36.4 Å². The maximum atomic E-state index is 14.6. The van der Waals surface area contributed by atoms with E-state index in [9.17, 15) is 8.78 Å². The summed E-state index contributed by atoms with van der Waals surface area (Å²) >= 11 is 13.5. The lowest BCUT2D eigenvalue weighted by Crippen LogP contribution is -2.03. The van der Waals surface area contributed by atoms with Crippen LogP contribution in [-0.2, 0) is 5.75 Å². The van der Waals surface area contributed by atoms with Crippen molar-refractivity contribution in [2.24, 2.45) is 0 Å². The normalized spacial score (nSPS) is 11.0. The first-order valence-corrected chi connectivity index (χ1v) is 10.3. The smallest absolute Gasteiger partial charge is 0.196 e. The van der Waals surface area contributed by atoms with Crippen LogP contribution in [0.2, 0.25) is 10.0 Å². The Morgan fingerprint density at radius 2 is 1.69 bits per heavy atom. The van der Waals surface area contributed by atoms with Crippen LogP contribution in [0.25, 0.3) is 17.1 Å². The van der Waals surface area contributed by atoms with Crippen LogP contribution >= 0.6 is 35.0 Å². The van der Waals surface area contributed by atoms with Crippen molar-refractivity contribution in [3.8, 4) is 17.1 Å². The van der Waals surface area contributed by atoms with Gasteiger partial charge in [-0.25, -0.2) is 8.78 Å². The molecule has 8 heteroatoms. The monoisotopic (exact) mass is 447 g/mol. The molecule has 0 aliphatic heterocycles. The van der Waals surface area contributed by atoms with Gasteiger partial charge in [-0.2, -0.15) is 0 Å². The number of thioether (sulfide) groups is 1. The molecule has 0 atom stereocenters. The summed E-state index contributed by atoms with van der Waals surface area (Å²) in [6.45, 7) is 0. The van der Waals surface area contributed by atoms with Crippen molar-refractivity contribution in [2.45, 2.75) is 10.9 Å². The zero-order chi connectivity index (χ0) is 20.4. The molecule has 0 saturated carbocycles. The Labute approximate surface area is 180 Å². The second-order valence-electron chi connectivity index (χ2n) is 6.13. The summed E-state index contributed by atoms with van der Waals surface area (Å²) < 4.78 is 29.6. The van der Waals surface area contributed by atoms with E-state index in [1.54, 1.807) is 16.7 Å². The summed E-state index contributed by atoms with van der Waals surface area (Å²) in [5.41, 5.74) is 1.79. The molecule has 4 aromatic rings. The summed E-state index contributed by atoms with van der Waals surface area (Å²) in [6.07, 6.45) is 0. The van der Waals surface area contributed by atoms with Crippen LogP contribution in [0.1, 0.15) is 5.56 Å². The van der Waals surface area contributed by atoms with Gasteiger partial charge in [-0.1, -0.05) is 71.4 Å². The molecule has 0 saturated heterocycles. The molecular formula is C21H13Cl2F2N3S. The minimum Gasteiger partial charge on any atom is -0.267 e. The standard InChI is InChI=1S/C21H13Cl2F2N3S/c22-15-7-6-14(17(23)10-15)12-29-21-27-26-20(13-4-2-1-3-5-13)28(21)19-9-8-16(24)11-18(19)25/h1-11H,12H2. The highest BCUT2D eigenvalue weighted by molar-refractivity contribution is 7.98. The second-order valence-corrected chi connectivity index (χ2v) is 7.91. The molecular weight excluding hydrogens is 435 g/mol. The molecule has 146 valence electrons. The number of hydrogen-bond acceptors (Lipinski definition) is 3. The van der Waals surface area contributed by atoms with Crippen molar-refractivity contribution < 1.29 is 8.78 Å². The maximum Gasteiger partial charge on any atom is 0.196 e. The molecule has 0 aliphatic carbocycles. The quantitative estimate of drug-likeness (QED) is 0.314. The van der Waals surface area contributed by atoms with Crippen LogP contribution in [0, 0.1) is 11.6 Å². The molecule has 3 nitrogen and oxygen atoms in total. The van der Waals surface area contributed by atoms with Gasteiger partial charge in [-0.15, -0.1) is 10.2 Å². The molecule has 0 unspecified atom stereocenters. The predicted octanol–water partition coefficient (Wildman–Crippen LogP) is 6.81. The van der Waals surface area contributed by atoms with Crippen molar-refractivity contribution in [1.82, 2.24) is 14.8 Å². The fourth-order valence-corrected chi connectivity index (χ4v) is 4.30. The van der Waals surface area contributed by atoms with Gasteiger partial charge in [0.1, 0.15) is 11.6 Å². The van der Waals surface area contributed by atoms with E-state index in [0.717, 1.165) is 17.2 Å². The maximum absolute atomic E-state index is 14.6. The fourth-order valence-electron chi connectivity index (χ4n) is 2.80. The first kappa shape index (κ1) is 19.9. The zero-order valence-corrected chi connectivity index (χ0v) is 17.1. The van der Waals surface area contributed by atoms with Gasteiger partial charge < -0.3 is 0 Å². The molecule has 0 N–H and O–H groups in total. The third-order valence-electron chi connectivity index (χ3n) is 4.19. The lowest BCUT2D eigenvalue weighted by atomic mass is 10.2. The van der Waals surface area contributed by atoms with Crippen LogP contribution < -0.4 is 0 Å². The largest absolute Gasteiger partial charge is 0.267 e. The van der Waals surface area contributed by atoms with Crippen molar-refractivity contribution >= 4 is 35.0 Å². The number of aromatic nitrogens is 3. The lowest BCUT2D eigenvalue weighted by Gasteiger charge is -2.12. The third kappa shape index (κ3) is 4.29. The minimum atomic E-state index is -0.701. The van der Waals surface area contributed by atoms with E-state index < -0.39 is 11.6 Å². The molecule has 0 amide bonds. The fraction of sp³-hybridized carbons (Fsp3) is 0.0476. The summed E-state index contributed by atoms with van der Waals surface area (Å²) in [6, 6.07) is 18.0. The molecule has 0 radical (unpaired) electrons. The van der Waals surface area contributed by atoms with Crippen LogP contribution in [0.5, 0.6) is 0 Å². The zero-order valence-electron chi connectivity index (χ0n) is 14.8. The molecule has 3 aromatic carbocycles. The van der Waals surface area contributed by atoms with E-state index in [2.05, 4.69) is 10.2 Å². The van der Waals surface area contributed by atoms with E-state index >= 15 is 0 Å². The van der Waals surface area contributed by atoms with Gasteiger partial charge in [-0.05, 0) is 29.8 Å². The highest BCUT2D eigenvalue weighted by Crippen LogP contribution is 2.32. The molecule has 29 heavy (non-hydrogen) atoms. The SMILES string of the molecule is Fc1ccc(-n2c(SCc3ccc(Cl)cc3Cl)nnc2-c2ccccc2)c(F)c1. The Bertz CT molecular complexity index is 1170. The van der Waals surface area contributed by atoms with E-state index in [0.29, 0.717) is 26.8 Å². The number of halogens is 4. The minimum absolute atomic E-state index is 0.167. The molecule has 1 heterocycles. The summed E-state index contributed by atoms with van der Waals surface area (Å²) in [5.74, 6) is -0.414. The van der Waals surface area contributed by atoms with Gasteiger partial charge in [0.15, 0.2) is 11.0 Å². The molecule has 0 aliphatic rings. The predicted molar refractivity (Wildman–Crippen MR) is 113 cm³/mol. The van der Waals surface area contributed by atoms with Gasteiger partial charge in [0.05, 0.1) is 5.69 Å². The Hall–Kier alpha value is -2.41. The van der Waals surface area contributed by atoms with Crippen LogP contribution in [-0.4, -0.2) is 14.8 Å². The second kappa shape index (κ2) is 8.53. The summed E-state index contributed by atoms with van der Waals surface area (Å²) in [7, 11) is 0. The average molecular weight is 448 g/mol. The summed E-state index contributed by atoms with van der Waals surface area (Å²) in [5, 5.41) is 10.0. The molecule has 0 bridgehead atoms. The number of benzene rings is 3. The van der Waals surface area contributed by atoms with E-state index in [4.69, 9.17) is 23.2 Å². The van der Waals surface area contributed by atoms with Gasteiger partial charge in [0.25, 0.3) is 0 Å². The van der Waals surface area contributed by atoms with Crippen molar-refractivity contribution in [3.63, 3.8) is 0 Å². The van der Waals surface area contributed by atoms with Crippen molar-refractivity contribution in [2.75, 3.05) is 0 Å². The molecule has 1 aromatic heterocycles. The lowest BCUT2D eigenvalue weighted by molar-refractivity contribution is 0.575. The summed E-state index contributed by atoms with van der Waals surface area (Å²) in [4.78, 5) is 0. The van der Waals surface area contributed by atoms with Crippen molar-refractivity contribution in [3.05, 3.63) is 94.0 Å². The Balaban J connectivity index is 1.77. The Morgan fingerprint density at radius 3 is 2.41 bits per heavy atom. The molecule has 0 spiro atoms. The van der Waals surface area contributed by atoms with Gasteiger partial charge in [0, 0.05) is 27.4 Å². The van der Waals surface area contributed by atoms with Gasteiger partial charge >= 0.3 is 0 Å². The molecule has 4 rings (SSSR count). The number of rotatable bonds is 5. The van der Waals surface area contributed by atoms with Crippen LogP contribution in [0.15, 0.2) is 71.9 Å². The first-order chi connectivity index (χ1) is 14.0. The average Bonchev–Trinajstić information content (AvgIpc) is 3.12. The van der Waals surface area contributed by atoms with Gasteiger partial charge in [-0.3, -0.25) is 4.57 Å². The van der Waals surface area contributed by atoms with Crippen molar-refractivity contribution in [1.29, 1.82) is 0 Å². The number of hydrogen-bond donors (Lipinski definition) is 0. The molecule has 0 fully saturated rings. The Morgan fingerprint density at radius 1 is 0.897 bits per heavy atom. The van der Waals surface area contributed by atoms with Crippen LogP contribution in [0.4, 0.5) is 8.78 Å². The number of nitrogens with zero attached hydrogens (tertiary/aromatic N) is 3. The van der Waals surface area contributed by atoms with Crippen LogP contribution in [0.3, 0.4) is 0 Å². The first-order valence-electron chi connectivity index (χ1n) is 8.56.